The average molecular weight is 156 g/mol. The zero-order chi connectivity index (χ0) is 6.86. The van der Waals surface area contributed by atoms with Crippen molar-refractivity contribution in [3.8, 4) is 0 Å². The zero-order valence-corrected chi connectivity index (χ0v) is 6.71. The first kappa shape index (κ1) is 6.70. The zero-order valence-electron chi connectivity index (χ0n) is 5.89. The lowest BCUT2D eigenvalue weighted by atomic mass is 9.90. The molecule has 10 heavy (non-hydrogen) atoms. The van der Waals surface area contributed by atoms with Gasteiger partial charge in [0.15, 0.2) is 0 Å². The van der Waals surface area contributed by atoms with E-state index in [0.717, 1.165) is 13.1 Å². The molecule has 0 aromatic carbocycles. The summed E-state index contributed by atoms with van der Waals surface area (Å²) in [4.78, 5) is 0. The van der Waals surface area contributed by atoms with Gasteiger partial charge in [0.2, 0.25) is 0 Å². The third kappa shape index (κ3) is 1.09. The smallest absolute Gasteiger partial charge is 0.0497 e. The van der Waals surface area contributed by atoms with E-state index in [4.69, 9.17) is 0 Å². The van der Waals surface area contributed by atoms with Crippen molar-refractivity contribution in [2.45, 2.75) is 18.4 Å². The van der Waals surface area contributed by atoms with Crippen LogP contribution in [0, 0.1) is 0 Å². The summed E-state index contributed by atoms with van der Waals surface area (Å²) in [6.45, 7) is 2.30. The second kappa shape index (κ2) is 2.57. The van der Waals surface area contributed by atoms with Crippen LogP contribution in [0.25, 0.3) is 0 Å². The van der Waals surface area contributed by atoms with Gasteiger partial charge in [0.1, 0.15) is 0 Å². The van der Waals surface area contributed by atoms with Gasteiger partial charge in [-0.15, -0.1) is 0 Å². The van der Waals surface area contributed by atoms with E-state index in [1.807, 2.05) is 0 Å². The van der Waals surface area contributed by atoms with E-state index in [0.29, 0.717) is 5.54 Å². The Balaban J connectivity index is 2.05. The Kier molecular flexibility index (Phi) is 1.72. The number of rotatable bonds is 0. The second-order valence-electron chi connectivity index (χ2n) is 2.93. The van der Waals surface area contributed by atoms with Crippen molar-refractivity contribution in [1.29, 1.82) is 0 Å². The van der Waals surface area contributed by atoms with Gasteiger partial charge in [-0.1, -0.05) is 18.0 Å². The first-order chi connectivity index (χ1) is 4.91. The van der Waals surface area contributed by atoms with Crippen LogP contribution in [0.2, 0.25) is 0 Å². The molecule has 0 radical (unpaired) electrons. The molecule has 2 aliphatic rings. The van der Waals surface area contributed by atoms with Crippen molar-refractivity contribution in [2.75, 3.05) is 13.1 Å². The Hall–Kier alpha value is 0.0100. The summed E-state index contributed by atoms with van der Waals surface area (Å²) in [7, 11) is 0. The number of hydrogen-bond acceptors (Lipinski definition) is 3. The monoisotopic (exact) mass is 156 g/mol. The molecule has 1 fully saturated rings. The van der Waals surface area contributed by atoms with Crippen molar-refractivity contribution >= 4 is 11.9 Å². The number of piperidine rings is 1. The Bertz CT molecular complexity index is 150. The molecule has 1 spiro atoms. The standard InChI is InChI=1S/C7H12N2S/c1-4-8-5-2-7(1)3-6-10-9-7/h3,6,8-9H,1-2,4-5H2. The fourth-order valence-corrected chi connectivity index (χ4v) is 2.39. The molecule has 56 valence electrons. The van der Waals surface area contributed by atoms with Crippen molar-refractivity contribution in [2.24, 2.45) is 0 Å². The van der Waals surface area contributed by atoms with Crippen LogP contribution in [0.15, 0.2) is 11.5 Å². The summed E-state index contributed by atoms with van der Waals surface area (Å²) >= 11 is 1.72. The van der Waals surface area contributed by atoms with Crippen LogP contribution in [0.1, 0.15) is 12.8 Å². The summed E-state index contributed by atoms with van der Waals surface area (Å²) in [6.07, 6.45) is 4.77. The van der Waals surface area contributed by atoms with Crippen molar-refractivity contribution in [3.05, 3.63) is 11.5 Å². The van der Waals surface area contributed by atoms with Gasteiger partial charge in [0, 0.05) is 5.54 Å². The molecule has 0 bridgehead atoms. The second-order valence-corrected chi connectivity index (χ2v) is 3.64. The summed E-state index contributed by atoms with van der Waals surface area (Å²) < 4.78 is 3.44. The Morgan fingerprint density at radius 2 is 2.10 bits per heavy atom. The summed E-state index contributed by atoms with van der Waals surface area (Å²) in [5.41, 5.74) is 0.343. The molecule has 0 saturated carbocycles. The van der Waals surface area contributed by atoms with Crippen LogP contribution in [0.5, 0.6) is 0 Å². The van der Waals surface area contributed by atoms with Crippen molar-refractivity contribution in [1.82, 2.24) is 10.0 Å². The van der Waals surface area contributed by atoms with Crippen LogP contribution in [-0.4, -0.2) is 18.6 Å². The quantitative estimate of drug-likeness (QED) is 0.509. The Labute approximate surface area is 65.6 Å². The van der Waals surface area contributed by atoms with E-state index in [1.165, 1.54) is 12.8 Å². The summed E-state index contributed by atoms with van der Waals surface area (Å²) in [6, 6.07) is 0. The molecule has 0 atom stereocenters. The van der Waals surface area contributed by atoms with Gasteiger partial charge in [-0.25, -0.2) is 0 Å². The molecule has 2 aliphatic heterocycles. The molecule has 0 unspecified atom stereocenters. The van der Waals surface area contributed by atoms with Crippen LogP contribution in [0.3, 0.4) is 0 Å². The first-order valence-corrected chi connectivity index (χ1v) is 4.61. The van der Waals surface area contributed by atoms with Crippen molar-refractivity contribution in [3.63, 3.8) is 0 Å². The molecule has 2 N–H and O–H groups in total. The highest BCUT2D eigenvalue weighted by Crippen LogP contribution is 2.28. The maximum Gasteiger partial charge on any atom is 0.0497 e. The molecule has 0 aliphatic carbocycles. The van der Waals surface area contributed by atoms with Crippen LogP contribution in [-0.2, 0) is 0 Å². The molecule has 2 heterocycles. The van der Waals surface area contributed by atoms with Crippen LogP contribution >= 0.6 is 11.9 Å². The molecule has 0 aromatic heterocycles. The molecule has 0 amide bonds. The minimum Gasteiger partial charge on any atom is -0.317 e. The number of nitrogens with one attached hydrogen (secondary N) is 2. The van der Waals surface area contributed by atoms with Crippen LogP contribution < -0.4 is 10.0 Å². The van der Waals surface area contributed by atoms with Gasteiger partial charge in [0.05, 0.1) is 0 Å². The van der Waals surface area contributed by atoms with E-state index in [9.17, 15) is 0 Å². The van der Waals surface area contributed by atoms with E-state index in [-0.39, 0.29) is 0 Å². The summed E-state index contributed by atoms with van der Waals surface area (Å²) in [5, 5.41) is 5.51. The van der Waals surface area contributed by atoms with Gasteiger partial charge in [-0.05, 0) is 31.3 Å². The lowest BCUT2D eigenvalue weighted by Gasteiger charge is -2.31. The molecule has 0 aromatic rings. The predicted octanol–water partition coefficient (Wildman–Crippen LogP) is 0.874. The van der Waals surface area contributed by atoms with Gasteiger partial charge in [-0.2, -0.15) is 0 Å². The maximum atomic E-state index is 3.44. The molecular weight excluding hydrogens is 144 g/mol. The molecular formula is C7H12N2S. The van der Waals surface area contributed by atoms with Crippen LogP contribution in [0.4, 0.5) is 0 Å². The van der Waals surface area contributed by atoms with Gasteiger partial charge >= 0.3 is 0 Å². The van der Waals surface area contributed by atoms with E-state index < -0.39 is 0 Å². The minimum atomic E-state index is 0.343. The normalized spacial score (nSPS) is 29.6. The highest BCUT2D eigenvalue weighted by Gasteiger charge is 2.31. The first-order valence-electron chi connectivity index (χ1n) is 3.73. The SMILES string of the molecule is C1=CC2(CCNCC2)NS1. The Morgan fingerprint density at radius 1 is 1.30 bits per heavy atom. The van der Waals surface area contributed by atoms with E-state index >= 15 is 0 Å². The van der Waals surface area contributed by atoms with Gasteiger partial charge < -0.3 is 5.32 Å². The fraction of sp³-hybridized carbons (Fsp3) is 0.714. The fourth-order valence-electron chi connectivity index (χ4n) is 1.49. The van der Waals surface area contributed by atoms with Gasteiger partial charge in [0.25, 0.3) is 0 Å². The molecule has 1 saturated heterocycles. The maximum absolute atomic E-state index is 3.44. The van der Waals surface area contributed by atoms with Crippen molar-refractivity contribution < 1.29 is 0 Å². The highest BCUT2D eigenvalue weighted by atomic mass is 32.2. The number of hydrogen-bond donors (Lipinski definition) is 2. The van der Waals surface area contributed by atoms with Gasteiger partial charge in [-0.3, -0.25) is 4.72 Å². The highest BCUT2D eigenvalue weighted by molar-refractivity contribution is 8.00. The average Bonchev–Trinajstić information content (AvgIpc) is 2.39. The molecule has 2 rings (SSSR count). The van der Waals surface area contributed by atoms with E-state index in [2.05, 4.69) is 21.5 Å². The molecule has 2 nitrogen and oxygen atoms in total. The topological polar surface area (TPSA) is 24.1 Å². The third-order valence-corrected chi connectivity index (χ3v) is 3.01. The predicted molar refractivity (Wildman–Crippen MR) is 44.7 cm³/mol. The summed E-state index contributed by atoms with van der Waals surface area (Å²) in [5.74, 6) is 0. The van der Waals surface area contributed by atoms with E-state index in [1.54, 1.807) is 11.9 Å². The minimum absolute atomic E-state index is 0.343. The molecule has 3 heteroatoms. The third-order valence-electron chi connectivity index (χ3n) is 2.21. The lowest BCUT2D eigenvalue weighted by Crippen LogP contribution is -2.46. The Morgan fingerprint density at radius 3 is 2.70 bits per heavy atom. The lowest BCUT2D eigenvalue weighted by molar-refractivity contribution is 0.358. The largest absolute Gasteiger partial charge is 0.317 e.